The van der Waals surface area contributed by atoms with Gasteiger partial charge in [-0.15, -0.1) is 0 Å². The molecule has 2 rings (SSSR count). The van der Waals surface area contributed by atoms with E-state index in [1.807, 2.05) is 0 Å². The van der Waals surface area contributed by atoms with Crippen LogP contribution in [0, 0.1) is 5.92 Å². The lowest BCUT2D eigenvalue weighted by molar-refractivity contribution is 0.762. The van der Waals surface area contributed by atoms with Crippen LogP contribution in [-0.4, -0.2) is 0 Å². The Labute approximate surface area is 81.0 Å². The molecule has 1 aromatic rings. The van der Waals surface area contributed by atoms with Crippen LogP contribution in [0.15, 0.2) is 24.3 Å². The highest BCUT2D eigenvalue weighted by atomic mass is 14.4. The first-order chi connectivity index (χ1) is 6.36. The van der Waals surface area contributed by atoms with Crippen molar-refractivity contribution in [3.63, 3.8) is 0 Å². The largest absolute Gasteiger partial charge is 0.0651 e. The van der Waals surface area contributed by atoms with E-state index in [4.69, 9.17) is 0 Å². The van der Waals surface area contributed by atoms with Crippen molar-refractivity contribution in [2.75, 3.05) is 0 Å². The molecule has 0 unspecified atom stereocenters. The van der Waals surface area contributed by atoms with Gasteiger partial charge in [0.2, 0.25) is 0 Å². The van der Waals surface area contributed by atoms with Gasteiger partial charge in [0.15, 0.2) is 0 Å². The van der Waals surface area contributed by atoms with Crippen molar-refractivity contribution in [1.29, 1.82) is 0 Å². The van der Waals surface area contributed by atoms with Crippen molar-refractivity contribution >= 4 is 0 Å². The molecule has 0 aromatic heterocycles. The Hall–Kier alpha value is -0.780. The summed E-state index contributed by atoms with van der Waals surface area (Å²) in [5.41, 5.74) is 3.18. The predicted octanol–water partition coefficient (Wildman–Crippen LogP) is 3.76. The fraction of sp³-hybridized carbons (Fsp3) is 0.538. The van der Waals surface area contributed by atoms with Crippen molar-refractivity contribution in [2.45, 2.75) is 39.0 Å². The summed E-state index contributed by atoms with van der Waals surface area (Å²) in [7, 11) is 0. The third-order valence-corrected chi connectivity index (χ3v) is 3.28. The quantitative estimate of drug-likeness (QED) is 0.654. The molecule has 0 radical (unpaired) electrons. The van der Waals surface area contributed by atoms with Crippen molar-refractivity contribution in [3.05, 3.63) is 35.4 Å². The molecule has 0 amide bonds. The Balaban J connectivity index is 2.20. The van der Waals surface area contributed by atoms with E-state index in [1.54, 1.807) is 11.1 Å². The van der Waals surface area contributed by atoms with Gasteiger partial charge < -0.3 is 0 Å². The molecule has 0 nitrogen and oxygen atoms in total. The van der Waals surface area contributed by atoms with Crippen molar-refractivity contribution in [3.8, 4) is 0 Å². The molecule has 1 aliphatic rings. The molecule has 0 saturated heterocycles. The second kappa shape index (κ2) is 3.53. The highest BCUT2D eigenvalue weighted by Gasteiger charge is 2.37. The smallest absolute Gasteiger partial charge is 0.0128 e. The zero-order chi connectivity index (χ0) is 9.26. The first-order valence-corrected chi connectivity index (χ1v) is 5.44. The molecule has 0 spiro atoms. The summed E-state index contributed by atoms with van der Waals surface area (Å²) in [4.78, 5) is 0. The zero-order valence-electron chi connectivity index (χ0n) is 8.59. The Morgan fingerprint density at radius 2 is 2.00 bits per heavy atom. The molecule has 1 saturated carbocycles. The molecule has 0 heterocycles. The maximum absolute atomic E-state index is 2.32. The molecular formula is C13H18. The normalized spacial score (nSPS) is 26.0. The van der Waals surface area contributed by atoms with Crippen LogP contribution in [0.5, 0.6) is 0 Å². The number of hydrogen-bond acceptors (Lipinski definition) is 0. The molecule has 1 aliphatic carbocycles. The van der Waals surface area contributed by atoms with Crippen LogP contribution < -0.4 is 0 Å². The average Bonchev–Trinajstić information content (AvgIpc) is 2.96. The molecule has 0 aliphatic heterocycles. The van der Waals surface area contributed by atoms with Crippen LogP contribution in [-0.2, 0) is 6.42 Å². The lowest BCUT2D eigenvalue weighted by atomic mass is 10.00. The summed E-state index contributed by atoms with van der Waals surface area (Å²) in [5.74, 6) is 1.87. The van der Waals surface area contributed by atoms with Gasteiger partial charge >= 0.3 is 0 Å². The number of rotatable bonds is 3. The van der Waals surface area contributed by atoms with Gasteiger partial charge in [-0.2, -0.15) is 0 Å². The Morgan fingerprint density at radius 1 is 1.23 bits per heavy atom. The third kappa shape index (κ3) is 1.63. The van der Waals surface area contributed by atoms with Crippen LogP contribution in [0.2, 0.25) is 0 Å². The number of hydrogen-bond donors (Lipinski definition) is 0. The van der Waals surface area contributed by atoms with Crippen LogP contribution in [0.4, 0.5) is 0 Å². The second-order valence-corrected chi connectivity index (χ2v) is 4.06. The van der Waals surface area contributed by atoms with Gasteiger partial charge in [0.25, 0.3) is 0 Å². The van der Waals surface area contributed by atoms with E-state index < -0.39 is 0 Å². The summed E-state index contributed by atoms with van der Waals surface area (Å²) >= 11 is 0. The van der Waals surface area contributed by atoms with Crippen LogP contribution in [0.3, 0.4) is 0 Å². The van der Waals surface area contributed by atoms with E-state index in [0.717, 1.165) is 11.8 Å². The summed E-state index contributed by atoms with van der Waals surface area (Å²) in [6.07, 6.45) is 3.96. The molecular weight excluding hydrogens is 156 g/mol. The Kier molecular flexibility index (Phi) is 2.39. The predicted molar refractivity (Wildman–Crippen MR) is 57.0 cm³/mol. The van der Waals surface area contributed by atoms with Gasteiger partial charge in [0, 0.05) is 0 Å². The summed E-state index contributed by atoms with van der Waals surface area (Å²) in [6.45, 7) is 4.56. The van der Waals surface area contributed by atoms with Crippen molar-refractivity contribution in [1.82, 2.24) is 0 Å². The Bertz CT molecular complexity index is 288. The highest BCUT2D eigenvalue weighted by Crippen LogP contribution is 2.50. The van der Waals surface area contributed by atoms with Gasteiger partial charge in [-0.25, -0.2) is 0 Å². The van der Waals surface area contributed by atoms with Gasteiger partial charge in [0.05, 0.1) is 0 Å². The van der Waals surface area contributed by atoms with E-state index in [2.05, 4.69) is 38.1 Å². The van der Waals surface area contributed by atoms with E-state index >= 15 is 0 Å². The maximum atomic E-state index is 2.32. The molecule has 0 N–H and O–H groups in total. The van der Waals surface area contributed by atoms with E-state index in [9.17, 15) is 0 Å². The molecule has 2 atom stereocenters. The minimum Gasteiger partial charge on any atom is -0.0651 e. The van der Waals surface area contributed by atoms with Crippen LogP contribution >= 0.6 is 0 Å². The van der Waals surface area contributed by atoms with Crippen LogP contribution in [0.25, 0.3) is 0 Å². The van der Waals surface area contributed by atoms with Gasteiger partial charge in [-0.05, 0) is 35.8 Å². The molecule has 70 valence electrons. The standard InChI is InChI=1S/C13H18/c1-3-10-7-5-6-8-12(10)13-9-11(13)4-2/h5-8,11,13H,3-4,9H2,1-2H3/t11-,13+/m0/s1. The zero-order valence-corrected chi connectivity index (χ0v) is 8.59. The van der Waals surface area contributed by atoms with Crippen molar-refractivity contribution in [2.24, 2.45) is 5.92 Å². The molecule has 0 bridgehead atoms. The highest BCUT2D eigenvalue weighted by molar-refractivity contribution is 5.34. The van der Waals surface area contributed by atoms with Crippen molar-refractivity contribution < 1.29 is 0 Å². The summed E-state index contributed by atoms with van der Waals surface area (Å²) in [5, 5.41) is 0. The summed E-state index contributed by atoms with van der Waals surface area (Å²) < 4.78 is 0. The van der Waals surface area contributed by atoms with Gasteiger partial charge in [-0.1, -0.05) is 44.5 Å². The second-order valence-electron chi connectivity index (χ2n) is 4.06. The third-order valence-electron chi connectivity index (χ3n) is 3.28. The SMILES string of the molecule is CCc1ccccc1[C@@H]1C[C@@H]1CC. The fourth-order valence-corrected chi connectivity index (χ4v) is 2.30. The molecule has 1 aromatic carbocycles. The monoisotopic (exact) mass is 174 g/mol. The van der Waals surface area contributed by atoms with Gasteiger partial charge in [0.1, 0.15) is 0 Å². The average molecular weight is 174 g/mol. The first kappa shape index (κ1) is 8.80. The fourth-order valence-electron chi connectivity index (χ4n) is 2.30. The minimum absolute atomic E-state index is 0.890. The molecule has 1 fully saturated rings. The molecule has 13 heavy (non-hydrogen) atoms. The van der Waals surface area contributed by atoms with E-state index in [-0.39, 0.29) is 0 Å². The molecule has 0 heteroatoms. The topological polar surface area (TPSA) is 0 Å². The van der Waals surface area contributed by atoms with E-state index in [1.165, 1.54) is 19.3 Å². The first-order valence-electron chi connectivity index (χ1n) is 5.44. The number of benzene rings is 1. The van der Waals surface area contributed by atoms with E-state index in [0.29, 0.717) is 0 Å². The minimum atomic E-state index is 0.890. The maximum Gasteiger partial charge on any atom is -0.0128 e. The summed E-state index contributed by atoms with van der Waals surface area (Å²) in [6, 6.07) is 8.94. The Morgan fingerprint density at radius 3 is 2.62 bits per heavy atom. The number of aryl methyl sites for hydroxylation is 1. The lowest BCUT2D eigenvalue weighted by Gasteiger charge is -2.05. The van der Waals surface area contributed by atoms with Gasteiger partial charge in [-0.3, -0.25) is 0 Å². The van der Waals surface area contributed by atoms with Crippen LogP contribution in [0.1, 0.15) is 43.7 Å². The lowest BCUT2D eigenvalue weighted by Crippen LogP contribution is -1.90.